The Morgan fingerprint density at radius 2 is 2.12 bits per heavy atom. The number of benzene rings is 1. The number of aryl methyl sites for hydroxylation is 1. The Balaban J connectivity index is 2.22. The van der Waals surface area contributed by atoms with Crippen LogP contribution in [-0.4, -0.2) is 50.7 Å². The largest absolute Gasteiger partial charge is 0.494 e. The maximum Gasteiger partial charge on any atom is 0.274 e. The average Bonchev–Trinajstić information content (AvgIpc) is 2.56. The van der Waals surface area contributed by atoms with Gasteiger partial charge in [-0.3, -0.25) is 10.1 Å². The van der Waals surface area contributed by atoms with E-state index in [9.17, 15) is 10.1 Å². The third-order valence-corrected chi connectivity index (χ3v) is 3.63. The van der Waals surface area contributed by atoms with Crippen LogP contribution in [0, 0.1) is 10.1 Å². The molecule has 1 rings (SSSR count). The number of unbranched alkanes of at least 4 members (excludes halogenated alkanes) is 1. The van der Waals surface area contributed by atoms with Crippen molar-refractivity contribution in [3.05, 3.63) is 52.0 Å². The fraction of sp³-hybridized carbons (Fsp3) is 0.556. The Bertz CT molecular complexity index is 547. The number of ether oxygens (including phenoxy) is 1. The third kappa shape index (κ3) is 10.2. The zero-order valence-corrected chi connectivity index (χ0v) is 15.5. The van der Waals surface area contributed by atoms with E-state index in [0.29, 0.717) is 19.0 Å². The van der Waals surface area contributed by atoms with Gasteiger partial charge in [-0.1, -0.05) is 12.1 Å². The normalized spacial score (nSPS) is 11.4. The van der Waals surface area contributed by atoms with Crippen LogP contribution in [0.2, 0.25) is 0 Å². The van der Waals surface area contributed by atoms with Crippen molar-refractivity contribution in [1.82, 2.24) is 15.5 Å². The molecule has 0 saturated heterocycles. The summed E-state index contributed by atoms with van der Waals surface area (Å²) in [6.45, 7) is 2.38. The highest BCUT2D eigenvalue weighted by Crippen LogP contribution is 2.15. The first-order valence-corrected chi connectivity index (χ1v) is 8.64. The predicted molar refractivity (Wildman–Crippen MR) is 100 cm³/mol. The molecule has 0 heterocycles. The molecule has 2 N–H and O–H groups in total. The lowest BCUT2D eigenvalue weighted by atomic mass is 10.1. The molecule has 25 heavy (non-hydrogen) atoms. The van der Waals surface area contributed by atoms with Crippen LogP contribution in [0.5, 0.6) is 5.75 Å². The summed E-state index contributed by atoms with van der Waals surface area (Å²) in [6, 6.07) is 8.25. The minimum absolute atomic E-state index is 0.413. The van der Waals surface area contributed by atoms with E-state index < -0.39 is 4.92 Å². The molecule has 0 saturated carbocycles. The second-order valence-electron chi connectivity index (χ2n) is 6.11. The molecule has 0 atom stereocenters. The lowest BCUT2D eigenvalue weighted by molar-refractivity contribution is -0.404. The molecular weight excluding hydrogens is 320 g/mol. The molecule has 0 bridgehead atoms. The number of hydrogen-bond acceptors (Lipinski definition) is 6. The van der Waals surface area contributed by atoms with Crippen molar-refractivity contribution in [2.45, 2.75) is 25.7 Å². The number of nitrogens with one attached hydrogen (secondary N) is 2. The standard InChI is InChI=1S/C18H30N4O3/c1-19-18(15-22(23)24)20-11-4-5-13-25-17-10-6-8-16(14-17)9-7-12-21(2)3/h6,8,10,14-15,19-20H,4-5,7,9,11-13H2,1-3H3. The van der Waals surface area contributed by atoms with Gasteiger partial charge in [-0.05, 0) is 64.0 Å². The van der Waals surface area contributed by atoms with Gasteiger partial charge in [0.05, 0.1) is 11.5 Å². The maximum absolute atomic E-state index is 10.4. The zero-order chi connectivity index (χ0) is 18.5. The topological polar surface area (TPSA) is 79.7 Å². The number of hydrogen-bond donors (Lipinski definition) is 2. The van der Waals surface area contributed by atoms with Crippen LogP contribution in [0.1, 0.15) is 24.8 Å². The van der Waals surface area contributed by atoms with Crippen LogP contribution in [-0.2, 0) is 6.42 Å². The lowest BCUT2D eigenvalue weighted by Crippen LogP contribution is -2.25. The molecule has 1 aromatic rings. The monoisotopic (exact) mass is 350 g/mol. The van der Waals surface area contributed by atoms with Gasteiger partial charge in [0.25, 0.3) is 6.20 Å². The van der Waals surface area contributed by atoms with Gasteiger partial charge in [0.1, 0.15) is 5.75 Å². The highest BCUT2D eigenvalue weighted by atomic mass is 16.6. The van der Waals surface area contributed by atoms with Gasteiger partial charge in [0.15, 0.2) is 5.82 Å². The van der Waals surface area contributed by atoms with Crippen molar-refractivity contribution in [2.75, 3.05) is 40.8 Å². The first-order chi connectivity index (χ1) is 12.0. The fourth-order valence-electron chi connectivity index (χ4n) is 2.33. The lowest BCUT2D eigenvalue weighted by Gasteiger charge is -2.11. The average molecular weight is 350 g/mol. The minimum atomic E-state index is -0.479. The quantitative estimate of drug-likeness (QED) is 0.323. The second kappa shape index (κ2) is 12.1. The Morgan fingerprint density at radius 1 is 1.32 bits per heavy atom. The summed E-state index contributed by atoms with van der Waals surface area (Å²) in [6.07, 6.45) is 4.87. The number of nitrogens with zero attached hydrogens (tertiary/aromatic N) is 2. The smallest absolute Gasteiger partial charge is 0.274 e. The molecule has 0 unspecified atom stereocenters. The van der Waals surface area contributed by atoms with Crippen LogP contribution in [0.3, 0.4) is 0 Å². The van der Waals surface area contributed by atoms with E-state index >= 15 is 0 Å². The molecule has 0 aliphatic carbocycles. The van der Waals surface area contributed by atoms with Gasteiger partial charge in [0, 0.05) is 13.6 Å². The van der Waals surface area contributed by atoms with Crippen LogP contribution in [0.4, 0.5) is 0 Å². The van der Waals surface area contributed by atoms with Crippen molar-refractivity contribution in [2.24, 2.45) is 0 Å². The summed E-state index contributed by atoms with van der Waals surface area (Å²) in [5, 5.41) is 16.2. The molecular formula is C18H30N4O3. The molecule has 0 fully saturated rings. The van der Waals surface area contributed by atoms with Crippen molar-refractivity contribution in [3.8, 4) is 5.75 Å². The summed E-state index contributed by atoms with van der Waals surface area (Å²) >= 11 is 0. The molecule has 0 amide bonds. The summed E-state index contributed by atoms with van der Waals surface area (Å²) < 4.78 is 5.80. The van der Waals surface area contributed by atoms with Gasteiger partial charge in [-0.15, -0.1) is 0 Å². The highest BCUT2D eigenvalue weighted by Gasteiger charge is 2.01. The summed E-state index contributed by atoms with van der Waals surface area (Å²) in [5.74, 6) is 1.32. The van der Waals surface area contributed by atoms with Gasteiger partial charge in [-0.25, -0.2) is 0 Å². The molecule has 140 valence electrons. The van der Waals surface area contributed by atoms with E-state index in [1.807, 2.05) is 12.1 Å². The summed E-state index contributed by atoms with van der Waals surface area (Å²) in [7, 11) is 5.82. The van der Waals surface area contributed by atoms with E-state index in [2.05, 4.69) is 41.8 Å². The van der Waals surface area contributed by atoms with Crippen LogP contribution in [0.25, 0.3) is 0 Å². The van der Waals surface area contributed by atoms with E-state index in [1.54, 1.807) is 7.05 Å². The molecule has 0 aliphatic rings. The van der Waals surface area contributed by atoms with E-state index in [0.717, 1.165) is 44.2 Å². The number of rotatable bonds is 13. The first kappa shape index (κ1) is 20.8. The minimum Gasteiger partial charge on any atom is -0.494 e. The van der Waals surface area contributed by atoms with Crippen molar-refractivity contribution >= 4 is 0 Å². The summed E-state index contributed by atoms with van der Waals surface area (Å²) in [5.41, 5.74) is 1.30. The highest BCUT2D eigenvalue weighted by molar-refractivity contribution is 5.28. The van der Waals surface area contributed by atoms with Crippen molar-refractivity contribution < 1.29 is 9.66 Å². The Morgan fingerprint density at radius 3 is 2.80 bits per heavy atom. The molecule has 0 aliphatic heterocycles. The van der Waals surface area contributed by atoms with E-state index in [-0.39, 0.29) is 0 Å². The van der Waals surface area contributed by atoms with Gasteiger partial charge >= 0.3 is 0 Å². The van der Waals surface area contributed by atoms with E-state index in [1.165, 1.54) is 5.56 Å². The van der Waals surface area contributed by atoms with Crippen LogP contribution < -0.4 is 15.4 Å². The Kier molecular flexibility index (Phi) is 10.1. The molecule has 7 heteroatoms. The van der Waals surface area contributed by atoms with Crippen LogP contribution >= 0.6 is 0 Å². The van der Waals surface area contributed by atoms with Gasteiger partial charge in [-0.2, -0.15) is 0 Å². The SMILES string of the molecule is CNC(=C[N+](=O)[O-])NCCCCOc1cccc(CCCN(C)C)c1. The fourth-order valence-corrected chi connectivity index (χ4v) is 2.33. The number of nitro groups is 1. The summed E-state index contributed by atoms with van der Waals surface area (Å²) in [4.78, 5) is 12.1. The first-order valence-electron chi connectivity index (χ1n) is 8.64. The molecule has 7 nitrogen and oxygen atoms in total. The van der Waals surface area contributed by atoms with E-state index in [4.69, 9.17) is 4.74 Å². The third-order valence-electron chi connectivity index (χ3n) is 3.63. The van der Waals surface area contributed by atoms with Gasteiger partial charge in [0.2, 0.25) is 0 Å². The maximum atomic E-state index is 10.4. The predicted octanol–water partition coefficient (Wildman–Crippen LogP) is 2.22. The molecule has 1 aromatic carbocycles. The van der Waals surface area contributed by atoms with Gasteiger partial charge < -0.3 is 20.3 Å². The second-order valence-corrected chi connectivity index (χ2v) is 6.11. The molecule has 0 radical (unpaired) electrons. The molecule has 0 spiro atoms. The van der Waals surface area contributed by atoms with Crippen molar-refractivity contribution in [1.29, 1.82) is 0 Å². The van der Waals surface area contributed by atoms with Crippen molar-refractivity contribution in [3.63, 3.8) is 0 Å². The zero-order valence-electron chi connectivity index (χ0n) is 15.5. The molecule has 0 aromatic heterocycles. The van der Waals surface area contributed by atoms with Crippen LogP contribution in [0.15, 0.2) is 36.3 Å². The Labute approximate surface area is 150 Å². The Hall–Kier alpha value is -2.28.